The molecule has 0 amide bonds. The number of aromatic nitrogens is 2. The minimum Gasteiger partial charge on any atom is -0.497 e. The van der Waals surface area contributed by atoms with Gasteiger partial charge in [0.05, 0.1) is 24.3 Å². The van der Waals surface area contributed by atoms with Gasteiger partial charge in [-0.25, -0.2) is 4.98 Å². The number of hydrogen-bond acceptors (Lipinski definition) is 4. The second-order valence-electron chi connectivity index (χ2n) is 7.22. The van der Waals surface area contributed by atoms with Gasteiger partial charge in [0.25, 0.3) is 5.56 Å². The number of benzene rings is 1. The zero-order valence-corrected chi connectivity index (χ0v) is 14.9. The maximum Gasteiger partial charge on any atom is 0.261 e. The molecule has 24 heavy (non-hydrogen) atoms. The van der Waals surface area contributed by atoms with Crippen molar-refractivity contribution in [3.05, 3.63) is 34.9 Å². The summed E-state index contributed by atoms with van der Waals surface area (Å²) in [5, 5.41) is 0.663. The third-order valence-electron chi connectivity index (χ3n) is 4.82. The summed E-state index contributed by atoms with van der Waals surface area (Å²) in [4.78, 5) is 19.7. The zero-order valence-electron chi connectivity index (χ0n) is 14.9. The largest absolute Gasteiger partial charge is 0.497 e. The Kier molecular flexibility index (Phi) is 5.19. The molecule has 0 bridgehead atoms. The van der Waals surface area contributed by atoms with E-state index in [1.807, 2.05) is 18.2 Å². The van der Waals surface area contributed by atoms with E-state index in [0.717, 1.165) is 38.2 Å². The number of hydrogen-bond donors (Lipinski definition) is 0. The highest BCUT2D eigenvalue weighted by Crippen LogP contribution is 2.20. The average Bonchev–Trinajstić information content (AvgIpc) is 2.58. The number of rotatable bonds is 5. The average molecular weight is 329 g/mol. The first-order valence-corrected chi connectivity index (χ1v) is 8.82. The van der Waals surface area contributed by atoms with Gasteiger partial charge in [0.2, 0.25) is 0 Å². The lowest BCUT2D eigenvalue weighted by atomic mass is 9.96. The molecule has 130 valence electrons. The van der Waals surface area contributed by atoms with Gasteiger partial charge in [0.15, 0.2) is 0 Å². The van der Waals surface area contributed by atoms with Crippen molar-refractivity contribution in [2.24, 2.45) is 11.8 Å². The molecular weight excluding hydrogens is 302 g/mol. The van der Waals surface area contributed by atoms with Crippen LogP contribution in [0.1, 0.15) is 26.7 Å². The summed E-state index contributed by atoms with van der Waals surface area (Å²) in [5.41, 5.74) is 0.745. The summed E-state index contributed by atoms with van der Waals surface area (Å²) in [6, 6.07) is 5.44. The normalized spacial score (nSPS) is 16.8. The van der Waals surface area contributed by atoms with E-state index in [9.17, 15) is 4.79 Å². The minimum absolute atomic E-state index is 0.0484. The van der Waals surface area contributed by atoms with Gasteiger partial charge in [-0.15, -0.1) is 0 Å². The summed E-state index contributed by atoms with van der Waals surface area (Å²) in [5.74, 6) is 2.00. The summed E-state index contributed by atoms with van der Waals surface area (Å²) < 4.78 is 6.97. The smallest absolute Gasteiger partial charge is 0.261 e. The van der Waals surface area contributed by atoms with Crippen LogP contribution in [0.4, 0.5) is 0 Å². The Labute approximate surface area is 143 Å². The molecule has 0 N–H and O–H groups in total. The summed E-state index contributed by atoms with van der Waals surface area (Å²) in [6.45, 7) is 8.74. The van der Waals surface area contributed by atoms with Crippen LogP contribution in [0, 0.1) is 11.8 Å². The van der Waals surface area contributed by atoms with Crippen molar-refractivity contribution in [1.29, 1.82) is 0 Å². The molecule has 0 radical (unpaired) electrons. The maximum absolute atomic E-state index is 12.7. The van der Waals surface area contributed by atoms with Gasteiger partial charge in [-0.1, -0.05) is 13.8 Å². The quantitative estimate of drug-likeness (QED) is 0.846. The van der Waals surface area contributed by atoms with Crippen molar-refractivity contribution >= 4 is 10.9 Å². The molecule has 0 saturated carbocycles. The Morgan fingerprint density at radius 3 is 2.71 bits per heavy atom. The van der Waals surface area contributed by atoms with E-state index < -0.39 is 0 Å². The van der Waals surface area contributed by atoms with Gasteiger partial charge in [-0.05, 0) is 49.9 Å². The second kappa shape index (κ2) is 7.34. The predicted molar refractivity (Wildman–Crippen MR) is 96.6 cm³/mol. The number of nitrogens with zero attached hydrogens (tertiary/aromatic N) is 3. The number of ether oxygens (including phenoxy) is 1. The molecule has 5 nitrogen and oxygen atoms in total. The topological polar surface area (TPSA) is 47.4 Å². The third-order valence-corrected chi connectivity index (χ3v) is 4.82. The third kappa shape index (κ3) is 3.78. The Morgan fingerprint density at radius 2 is 2.04 bits per heavy atom. The highest BCUT2D eigenvalue weighted by Gasteiger charge is 2.20. The van der Waals surface area contributed by atoms with Crippen LogP contribution in [-0.4, -0.2) is 41.2 Å². The molecule has 1 aliphatic rings. The first-order chi connectivity index (χ1) is 11.6. The van der Waals surface area contributed by atoms with E-state index in [0.29, 0.717) is 22.7 Å². The van der Waals surface area contributed by atoms with Crippen LogP contribution in [0.3, 0.4) is 0 Å². The van der Waals surface area contributed by atoms with Crippen molar-refractivity contribution in [1.82, 2.24) is 14.5 Å². The number of likely N-dealkylation sites (tertiary alicyclic amines) is 1. The van der Waals surface area contributed by atoms with E-state index in [-0.39, 0.29) is 5.56 Å². The Bertz CT molecular complexity index is 746. The molecule has 1 aliphatic heterocycles. The molecule has 5 heteroatoms. The molecule has 1 aromatic heterocycles. The lowest BCUT2D eigenvalue weighted by Crippen LogP contribution is -2.38. The van der Waals surface area contributed by atoms with Crippen molar-refractivity contribution in [3.8, 4) is 5.75 Å². The summed E-state index contributed by atoms with van der Waals surface area (Å²) >= 11 is 0. The summed E-state index contributed by atoms with van der Waals surface area (Å²) in [6.07, 6.45) is 3.99. The Balaban J connectivity index is 1.70. The van der Waals surface area contributed by atoms with E-state index in [4.69, 9.17) is 4.74 Å². The minimum atomic E-state index is 0.0484. The predicted octanol–water partition coefficient (Wildman–Crippen LogP) is 2.77. The fourth-order valence-electron chi connectivity index (χ4n) is 3.54. The maximum atomic E-state index is 12.7. The number of methoxy groups -OCH3 is 1. The Hall–Kier alpha value is -1.88. The van der Waals surface area contributed by atoms with Crippen molar-refractivity contribution in [2.75, 3.05) is 26.7 Å². The lowest BCUT2D eigenvalue weighted by Gasteiger charge is -2.33. The fourth-order valence-corrected chi connectivity index (χ4v) is 3.54. The van der Waals surface area contributed by atoms with Crippen molar-refractivity contribution in [2.45, 2.75) is 33.2 Å². The van der Waals surface area contributed by atoms with Crippen LogP contribution in [0.5, 0.6) is 5.75 Å². The molecule has 1 aromatic carbocycles. The van der Waals surface area contributed by atoms with E-state index in [2.05, 4.69) is 23.7 Å². The molecule has 0 unspecified atom stereocenters. The van der Waals surface area contributed by atoms with Crippen molar-refractivity contribution in [3.63, 3.8) is 0 Å². The Morgan fingerprint density at radius 1 is 1.29 bits per heavy atom. The van der Waals surface area contributed by atoms with Crippen molar-refractivity contribution < 1.29 is 4.74 Å². The second-order valence-corrected chi connectivity index (χ2v) is 7.22. The van der Waals surface area contributed by atoms with Crippen LogP contribution in [0.15, 0.2) is 29.3 Å². The molecule has 0 spiro atoms. The molecule has 2 heterocycles. The number of fused-ring (bicyclic) bond motifs is 1. The van der Waals surface area contributed by atoms with E-state index in [1.165, 1.54) is 6.54 Å². The molecule has 0 aliphatic carbocycles. The molecule has 3 rings (SSSR count). The zero-order chi connectivity index (χ0) is 17.1. The van der Waals surface area contributed by atoms with E-state index in [1.54, 1.807) is 18.0 Å². The molecule has 1 fully saturated rings. The molecule has 2 aromatic rings. The van der Waals surface area contributed by atoms with Gasteiger partial charge in [0.1, 0.15) is 5.75 Å². The molecular formula is C19H27N3O2. The highest BCUT2D eigenvalue weighted by atomic mass is 16.5. The van der Waals surface area contributed by atoms with Crippen LogP contribution in [0.25, 0.3) is 10.9 Å². The fraction of sp³-hybridized carbons (Fsp3) is 0.579. The SMILES string of the molecule is COc1ccc2c(=O)n(CC3CCN(CC(C)C)CC3)cnc2c1. The van der Waals surface area contributed by atoms with Crippen LogP contribution < -0.4 is 10.3 Å². The first-order valence-electron chi connectivity index (χ1n) is 8.82. The monoisotopic (exact) mass is 329 g/mol. The van der Waals surface area contributed by atoms with Gasteiger partial charge >= 0.3 is 0 Å². The standard InChI is InChI=1S/C19H27N3O2/c1-14(2)11-21-8-6-15(7-9-21)12-22-13-20-18-10-16(24-3)4-5-17(18)19(22)23/h4-5,10,13-15H,6-9,11-12H2,1-3H3. The molecule has 0 atom stereocenters. The van der Waals surface area contributed by atoms with Crippen LogP contribution in [-0.2, 0) is 6.54 Å². The van der Waals surface area contributed by atoms with E-state index >= 15 is 0 Å². The van der Waals surface area contributed by atoms with Gasteiger partial charge in [0, 0.05) is 19.2 Å². The van der Waals surface area contributed by atoms with Gasteiger partial charge in [-0.3, -0.25) is 9.36 Å². The summed E-state index contributed by atoms with van der Waals surface area (Å²) in [7, 11) is 1.62. The molecule has 1 saturated heterocycles. The highest BCUT2D eigenvalue weighted by molar-refractivity contribution is 5.78. The van der Waals surface area contributed by atoms with Crippen LogP contribution in [0.2, 0.25) is 0 Å². The van der Waals surface area contributed by atoms with Gasteiger partial charge < -0.3 is 9.64 Å². The lowest BCUT2D eigenvalue weighted by molar-refractivity contribution is 0.158. The van der Waals surface area contributed by atoms with Crippen LogP contribution >= 0.6 is 0 Å². The number of piperidine rings is 1. The van der Waals surface area contributed by atoms with Gasteiger partial charge in [-0.2, -0.15) is 0 Å². The first kappa shape index (κ1) is 17.0.